The van der Waals surface area contributed by atoms with Gasteiger partial charge in [-0.1, -0.05) is 12.2 Å². The minimum absolute atomic E-state index is 0.0367. The Hall–Kier alpha value is -2.20. The van der Waals surface area contributed by atoms with E-state index in [0.717, 1.165) is 6.33 Å². The molecule has 0 aromatic carbocycles. The van der Waals surface area contributed by atoms with E-state index in [9.17, 15) is 9.46 Å². The van der Waals surface area contributed by atoms with Gasteiger partial charge in [-0.2, -0.15) is 9.97 Å². The van der Waals surface area contributed by atoms with Crippen LogP contribution < -0.4 is 11.5 Å². The molecule has 0 radical (unpaired) electrons. The van der Waals surface area contributed by atoms with Crippen molar-refractivity contribution in [2.75, 3.05) is 24.7 Å². The number of ether oxygens (including phenoxy) is 2. The molecule has 4 unspecified atom stereocenters. The first kappa shape index (κ1) is 31.4. The molecule has 4 aromatic rings. The van der Waals surface area contributed by atoms with E-state index in [-0.39, 0.29) is 39.2 Å². The monoisotopic (exact) mass is 728 g/mol. The number of rotatable bonds is 2. The average molecular weight is 729 g/mol. The molecule has 0 saturated carbocycles. The molecule has 18 nitrogen and oxygen atoms in total. The van der Waals surface area contributed by atoms with Crippen molar-refractivity contribution in [3.63, 3.8) is 0 Å². The largest absolute Gasteiger partial charge is 0.386 e. The Morgan fingerprint density at radius 2 is 1.49 bits per heavy atom. The van der Waals surface area contributed by atoms with Gasteiger partial charge >= 0.3 is 13.5 Å². The number of imidazole rings is 2. The van der Waals surface area contributed by atoms with Crippen molar-refractivity contribution in [1.82, 2.24) is 39.0 Å². The normalized spacial score (nSPS) is 37.7. The van der Waals surface area contributed by atoms with Crippen molar-refractivity contribution >= 4 is 83.1 Å². The first-order chi connectivity index (χ1) is 21.3. The minimum atomic E-state index is -4.40. The molecule has 7 rings (SSSR count). The summed E-state index contributed by atoms with van der Waals surface area (Å²) in [5.41, 5.74) is 12.2. The molecule has 25 heteroatoms. The Kier molecular flexibility index (Phi) is 8.02. The van der Waals surface area contributed by atoms with E-state index in [1.165, 1.54) is 21.8 Å². The molecule has 45 heavy (non-hydrogen) atoms. The fourth-order valence-electron chi connectivity index (χ4n) is 5.21. The van der Waals surface area contributed by atoms with Crippen LogP contribution in [0.3, 0.4) is 0 Å². The van der Waals surface area contributed by atoms with Gasteiger partial charge in [0.2, 0.25) is 5.28 Å². The number of hydrogen-bond donors (Lipinski definition) is 4. The first-order valence-electron chi connectivity index (χ1n) is 12.8. The van der Waals surface area contributed by atoms with E-state index in [4.69, 9.17) is 62.4 Å². The second-order valence-corrected chi connectivity index (χ2v) is 16.0. The van der Waals surface area contributed by atoms with E-state index in [2.05, 4.69) is 42.2 Å². The van der Waals surface area contributed by atoms with E-state index >= 15 is 8.78 Å². The van der Waals surface area contributed by atoms with Crippen molar-refractivity contribution in [1.29, 1.82) is 0 Å². The lowest BCUT2D eigenvalue weighted by atomic mass is 10.1. The van der Waals surface area contributed by atoms with Crippen molar-refractivity contribution in [3.8, 4) is 0 Å². The molecule has 242 valence electrons. The van der Waals surface area contributed by atoms with Gasteiger partial charge in [-0.15, -0.1) is 0 Å². The SMILES string of the molecule is Nc1nc(Cl)nc2c1ncn2[C@@H]1O[C@@H]2COP(=O)(S)OC3[C@@H](COP(O)(=S)O[C@@H]2C1F)O[C@@H](n1cnc2c(N)ncnc21)[C@H]3F. The highest BCUT2D eigenvalue weighted by Crippen LogP contribution is 2.58. The predicted molar refractivity (Wildman–Crippen MR) is 157 cm³/mol. The number of hydrogen-bond acceptors (Lipinski definition) is 16. The second-order valence-electron chi connectivity index (χ2n) is 9.97. The summed E-state index contributed by atoms with van der Waals surface area (Å²) >= 11 is 15.1. The summed E-state index contributed by atoms with van der Waals surface area (Å²) in [5, 5.41) is -0.228. The second kappa shape index (κ2) is 11.5. The number of aromatic nitrogens is 8. The Morgan fingerprint density at radius 3 is 2.16 bits per heavy atom. The third-order valence-corrected chi connectivity index (χ3v) is 10.5. The summed E-state index contributed by atoms with van der Waals surface area (Å²) in [7, 11) is 0. The highest BCUT2D eigenvalue weighted by Gasteiger charge is 2.54. The summed E-state index contributed by atoms with van der Waals surface area (Å²) in [6, 6.07) is 0. The van der Waals surface area contributed by atoms with Crippen LogP contribution in [0.25, 0.3) is 22.3 Å². The number of nitrogens with two attached hydrogens (primary N) is 2. The molecule has 0 bridgehead atoms. The van der Waals surface area contributed by atoms with Gasteiger partial charge in [-0.05, 0) is 23.4 Å². The number of nitrogen functional groups attached to an aromatic ring is 2. The topological polar surface area (TPSA) is 232 Å². The number of anilines is 2. The highest BCUT2D eigenvalue weighted by atomic mass is 35.5. The van der Waals surface area contributed by atoms with E-state index < -0.39 is 75.9 Å². The quantitative estimate of drug-likeness (QED) is 0.131. The minimum Gasteiger partial charge on any atom is -0.382 e. The molecule has 5 N–H and O–H groups in total. The highest BCUT2D eigenvalue weighted by molar-refractivity contribution is 8.44. The van der Waals surface area contributed by atoms with Gasteiger partial charge in [-0.3, -0.25) is 22.7 Å². The lowest BCUT2D eigenvalue weighted by Gasteiger charge is -2.29. The van der Waals surface area contributed by atoms with Gasteiger partial charge in [0.05, 0.1) is 25.9 Å². The third-order valence-electron chi connectivity index (χ3n) is 7.20. The smallest absolute Gasteiger partial charge is 0.382 e. The van der Waals surface area contributed by atoms with E-state index in [1.807, 2.05) is 0 Å². The van der Waals surface area contributed by atoms with Gasteiger partial charge in [0.1, 0.15) is 41.8 Å². The van der Waals surface area contributed by atoms with Crippen LogP contribution in [0.2, 0.25) is 5.28 Å². The van der Waals surface area contributed by atoms with Crippen LogP contribution in [0.4, 0.5) is 20.4 Å². The van der Waals surface area contributed by atoms with Crippen LogP contribution in [0, 0.1) is 0 Å². The van der Waals surface area contributed by atoms with Crippen LogP contribution >= 0.6 is 37.4 Å². The molecule has 7 heterocycles. The van der Waals surface area contributed by atoms with Crippen LogP contribution in [0.15, 0.2) is 19.0 Å². The van der Waals surface area contributed by atoms with E-state index in [1.54, 1.807) is 0 Å². The molecule has 3 fully saturated rings. The van der Waals surface area contributed by atoms with Crippen LogP contribution in [0.5, 0.6) is 0 Å². The Labute approximate surface area is 265 Å². The lowest BCUT2D eigenvalue weighted by molar-refractivity contribution is -0.0564. The molecule has 10 atom stereocenters. The predicted octanol–water partition coefficient (Wildman–Crippen LogP) is 2.03. The molecule has 0 amide bonds. The van der Waals surface area contributed by atoms with Crippen LogP contribution in [-0.2, 0) is 43.9 Å². The maximum atomic E-state index is 16.0. The molecule has 3 aliphatic rings. The number of fused-ring (bicyclic) bond motifs is 4. The maximum absolute atomic E-state index is 16.0. The third kappa shape index (κ3) is 5.70. The van der Waals surface area contributed by atoms with Gasteiger partial charge in [0.25, 0.3) is 0 Å². The van der Waals surface area contributed by atoms with Crippen molar-refractivity contribution in [3.05, 3.63) is 24.3 Å². The fourth-order valence-corrected chi connectivity index (χ4v) is 8.30. The summed E-state index contributed by atoms with van der Waals surface area (Å²) in [6.45, 7) is -9.97. The van der Waals surface area contributed by atoms with Gasteiger partial charge in [0.15, 0.2) is 47.7 Å². The number of halogens is 3. The number of nitrogens with zero attached hydrogens (tertiary/aromatic N) is 8. The standard InChI is InChI=1S/C20H21ClF2N10O8P2S2/c21-20-30-15(25)11-17(31-20)33(5-29-11)19-9(23)13-7(39-19)2-37-42(34,44)40-12-6(1-36-43(35,45)41-13)38-18(8(12)22)32-4-28-10-14(24)26-3-27-16(10)32/h3-9,12-13,18-19H,1-2H2,(H,34,44)(H,35,45)(H2,24,26,27)(H2,25,30,31)/t6-,7-,8+,9?,12?,13+,18-,19-,42?,43?/m1/s1. The number of alkyl halides is 2. The number of thiol groups is 1. The summed E-state index contributed by atoms with van der Waals surface area (Å²) in [5.74, 6) is -0.0105. The molecule has 4 aromatic heterocycles. The average Bonchev–Trinajstić information content (AvgIpc) is 3.72. The van der Waals surface area contributed by atoms with Gasteiger partial charge in [0, 0.05) is 0 Å². The molecule has 0 spiro atoms. The van der Waals surface area contributed by atoms with Crippen LogP contribution in [-0.4, -0.2) is 93.9 Å². The van der Waals surface area contributed by atoms with Crippen LogP contribution in [0.1, 0.15) is 12.5 Å². The summed E-state index contributed by atoms with van der Waals surface area (Å²) in [4.78, 5) is 34.9. The Bertz CT molecular complexity index is 1900. The lowest BCUT2D eigenvalue weighted by Crippen LogP contribution is -2.37. The van der Waals surface area contributed by atoms with Crippen molar-refractivity contribution in [2.24, 2.45) is 0 Å². The van der Waals surface area contributed by atoms with Gasteiger partial charge in [-0.25, -0.2) is 33.3 Å². The summed E-state index contributed by atoms with van der Waals surface area (Å²) in [6.07, 6.45) is -9.39. The van der Waals surface area contributed by atoms with E-state index in [0.29, 0.717) is 0 Å². The molecule has 0 aliphatic carbocycles. The van der Waals surface area contributed by atoms with Gasteiger partial charge < -0.3 is 30.4 Å². The zero-order valence-corrected chi connectivity index (χ0v) is 26.4. The molecular formula is C20H21ClF2N10O8P2S2. The zero-order valence-electron chi connectivity index (χ0n) is 22.2. The first-order valence-corrected chi connectivity index (χ1v) is 18.5. The zero-order chi connectivity index (χ0) is 31.8. The Balaban J connectivity index is 1.17. The molecular weight excluding hydrogens is 708 g/mol. The molecule has 3 aliphatic heterocycles. The Morgan fingerprint density at radius 1 is 0.911 bits per heavy atom. The maximum Gasteiger partial charge on any atom is 0.386 e. The summed E-state index contributed by atoms with van der Waals surface area (Å²) < 4.78 is 81.4. The molecule has 3 saturated heterocycles. The van der Waals surface area contributed by atoms with Crippen molar-refractivity contribution < 1.29 is 45.8 Å². The fraction of sp³-hybridized carbons (Fsp3) is 0.500. The van der Waals surface area contributed by atoms with Crippen molar-refractivity contribution in [2.45, 2.75) is 49.2 Å².